The van der Waals surface area contributed by atoms with Gasteiger partial charge in [0, 0.05) is 17.7 Å². The van der Waals surface area contributed by atoms with Crippen molar-refractivity contribution in [2.45, 2.75) is 5.33 Å². The highest BCUT2D eigenvalue weighted by molar-refractivity contribution is 9.08. The molecule has 0 aromatic carbocycles. The first-order valence-corrected chi connectivity index (χ1v) is 4.49. The van der Waals surface area contributed by atoms with Gasteiger partial charge in [0.05, 0.1) is 12.7 Å². The zero-order chi connectivity index (χ0) is 8.97. The van der Waals surface area contributed by atoms with Crippen molar-refractivity contribution in [3.05, 3.63) is 29.6 Å². The highest BCUT2D eigenvalue weighted by atomic mass is 79.9. The maximum Gasteiger partial charge on any atom is 0.339 e. The number of carbonyl (C=O) groups excluding carboxylic acids is 1. The second kappa shape index (κ2) is 4.21. The number of alkyl halides is 1. The molecule has 1 rings (SSSR count). The van der Waals surface area contributed by atoms with E-state index in [1.165, 1.54) is 13.3 Å². The molecule has 0 aliphatic heterocycles. The lowest BCUT2D eigenvalue weighted by Gasteiger charge is -2.02. The fraction of sp³-hybridized carbons (Fsp3) is 0.250. The van der Waals surface area contributed by atoms with Gasteiger partial charge in [-0.1, -0.05) is 15.9 Å². The van der Waals surface area contributed by atoms with Crippen LogP contribution in [0.5, 0.6) is 0 Å². The number of aromatic nitrogens is 1. The number of rotatable bonds is 2. The third kappa shape index (κ3) is 1.82. The van der Waals surface area contributed by atoms with Gasteiger partial charge in [0.25, 0.3) is 0 Å². The van der Waals surface area contributed by atoms with Gasteiger partial charge < -0.3 is 4.74 Å². The van der Waals surface area contributed by atoms with Crippen molar-refractivity contribution in [1.29, 1.82) is 0 Å². The molecule has 0 spiro atoms. The van der Waals surface area contributed by atoms with Crippen LogP contribution in [0.15, 0.2) is 18.5 Å². The first-order valence-electron chi connectivity index (χ1n) is 3.36. The Morgan fingerprint density at radius 2 is 2.50 bits per heavy atom. The van der Waals surface area contributed by atoms with Crippen molar-refractivity contribution in [1.82, 2.24) is 4.98 Å². The zero-order valence-electron chi connectivity index (χ0n) is 6.58. The second-order valence-corrected chi connectivity index (χ2v) is 2.72. The summed E-state index contributed by atoms with van der Waals surface area (Å²) in [5.74, 6) is -0.349. The Balaban J connectivity index is 3.04. The van der Waals surface area contributed by atoms with Gasteiger partial charge >= 0.3 is 5.97 Å². The number of carbonyl (C=O) groups is 1. The first kappa shape index (κ1) is 9.19. The molecule has 0 atom stereocenters. The SMILES string of the molecule is COC(=O)c1cnccc1CBr. The largest absolute Gasteiger partial charge is 0.465 e. The molecule has 0 N–H and O–H groups in total. The lowest BCUT2D eigenvalue weighted by molar-refractivity contribution is 0.0599. The third-order valence-electron chi connectivity index (χ3n) is 1.46. The number of esters is 1. The van der Waals surface area contributed by atoms with E-state index in [0.717, 1.165) is 5.56 Å². The van der Waals surface area contributed by atoms with Crippen LogP contribution in [0.2, 0.25) is 0 Å². The molecule has 0 saturated heterocycles. The number of methoxy groups -OCH3 is 1. The van der Waals surface area contributed by atoms with Gasteiger partial charge in [0.1, 0.15) is 0 Å². The molecule has 1 aromatic rings. The molecule has 12 heavy (non-hydrogen) atoms. The molecule has 1 aromatic heterocycles. The van der Waals surface area contributed by atoms with E-state index in [2.05, 4.69) is 25.7 Å². The van der Waals surface area contributed by atoms with Crippen molar-refractivity contribution in [2.75, 3.05) is 7.11 Å². The summed E-state index contributed by atoms with van der Waals surface area (Å²) in [6, 6.07) is 1.78. The Labute approximate surface area is 78.9 Å². The lowest BCUT2D eigenvalue weighted by atomic mass is 10.2. The average Bonchev–Trinajstić information content (AvgIpc) is 2.16. The van der Waals surface area contributed by atoms with Crippen LogP contribution in [-0.2, 0) is 10.1 Å². The van der Waals surface area contributed by atoms with Gasteiger partial charge in [-0.05, 0) is 11.6 Å². The summed E-state index contributed by atoms with van der Waals surface area (Å²) in [6.07, 6.45) is 3.14. The van der Waals surface area contributed by atoms with Crippen LogP contribution in [0.3, 0.4) is 0 Å². The van der Waals surface area contributed by atoms with Crippen molar-refractivity contribution in [3.8, 4) is 0 Å². The van der Waals surface area contributed by atoms with Crippen LogP contribution in [0, 0.1) is 0 Å². The maximum absolute atomic E-state index is 11.1. The topological polar surface area (TPSA) is 39.2 Å². The van der Waals surface area contributed by atoms with Gasteiger partial charge in [0.15, 0.2) is 0 Å². The molecule has 4 heteroatoms. The van der Waals surface area contributed by atoms with Gasteiger partial charge in [-0.3, -0.25) is 4.98 Å². The molecule has 0 radical (unpaired) electrons. The van der Waals surface area contributed by atoms with E-state index in [0.29, 0.717) is 10.9 Å². The molecule has 1 heterocycles. The summed E-state index contributed by atoms with van der Waals surface area (Å²) in [7, 11) is 1.35. The molecule has 0 saturated carbocycles. The molecule has 0 amide bonds. The zero-order valence-corrected chi connectivity index (χ0v) is 8.17. The number of hydrogen-bond acceptors (Lipinski definition) is 3. The maximum atomic E-state index is 11.1. The molecule has 0 unspecified atom stereocenters. The molecule has 64 valence electrons. The first-order chi connectivity index (χ1) is 5.79. The van der Waals surface area contributed by atoms with Crippen molar-refractivity contribution in [2.24, 2.45) is 0 Å². The molecule has 0 aliphatic rings. The molecule has 0 bridgehead atoms. The highest BCUT2D eigenvalue weighted by Crippen LogP contribution is 2.11. The van der Waals surface area contributed by atoms with Crippen molar-refractivity contribution in [3.63, 3.8) is 0 Å². The molecule has 0 fully saturated rings. The van der Waals surface area contributed by atoms with E-state index in [1.807, 2.05) is 0 Å². The second-order valence-electron chi connectivity index (χ2n) is 2.16. The number of hydrogen-bond donors (Lipinski definition) is 0. The van der Waals surface area contributed by atoms with Crippen LogP contribution in [0.4, 0.5) is 0 Å². The Morgan fingerprint density at radius 3 is 3.08 bits per heavy atom. The van der Waals surface area contributed by atoms with Gasteiger partial charge in [-0.25, -0.2) is 4.79 Å². The fourth-order valence-electron chi connectivity index (χ4n) is 0.834. The van der Waals surface area contributed by atoms with E-state index < -0.39 is 0 Å². The molecular formula is C8H8BrNO2. The van der Waals surface area contributed by atoms with Crippen LogP contribution >= 0.6 is 15.9 Å². The van der Waals surface area contributed by atoms with Gasteiger partial charge in [-0.2, -0.15) is 0 Å². The predicted molar refractivity (Wildman–Crippen MR) is 48.2 cm³/mol. The van der Waals surface area contributed by atoms with E-state index in [9.17, 15) is 4.79 Å². The summed E-state index contributed by atoms with van der Waals surface area (Å²) < 4.78 is 4.58. The Kier molecular flexibility index (Phi) is 3.22. The minimum atomic E-state index is -0.349. The number of nitrogens with zero attached hydrogens (tertiary/aromatic N) is 1. The lowest BCUT2D eigenvalue weighted by Crippen LogP contribution is -2.04. The van der Waals surface area contributed by atoms with Crippen molar-refractivity contribution < 1.29 is 9.53 Å². The third-order valence-corrected chi connectivity index (χ3v) is 2.06. The number of halogens is 1. The Hall–Kier alpha value is -0.900. The smallest absolute Gasteiger partial charge is 0.339 e. The van der Waals surface area contributed by atoms with Gasteiger partial charge in [-0.15, -0.1) is 0 Å². The molecule has 3 nitrogen and oxygen atoms in total. The van der Waals surface area contributed by atoms with Crippen LogP contribution in [0.1, 0.15) is 15.9 Å². The normalized spacial score (nSPS) is 9.50. The van der Waals surface area contributed by atoms with Crippen LogP contribution in [0.25, 0.3) is 0 Å². The fourth-order valence-corrected chi connectivity index (χ4v) is 1.32. The number of ether oxygens (including phenoxy) is 1. The van der Waals surface area contributed by atoms with E-state index >= 15 is 0 Å². The standard InChI is InChI=1S/C8H8BrNO2/c1-12-8(11)7-5-10-3-2-6(7)4-9/h2-3,5H,4H2,1H3. The van der Waals surface area contributed by atoms with Crippen LogP contribution < -0.4 is 0 Å². The minimum absolute atomic E-state index is 0.349. The average molecular weight is 230 g/mol. The summed E-state index contributed by atoms with van der Waals surface area (Å²) in [5.41, 5.74) is 1.40. The summed E-state index contributed by atoms with van der Waals surface area (Å²) >= 11 is 3.27. The minimum Gasteiger partial charge on any atom is -0.465 e. The number of pyridine rings is 1. The summed E-state index contributed by atoms with van der Waals surface area (Å²) in [5, 5.41) is 0.625. The highest BCUT2D eigenvalue weighted by Gasteiger charge is 2.09. The monoisotopic (exact) mass is 229 g/mol. The van der Waals surface area contributed by atoms with Crippen molar-refractivity contribution >= 4 is 21.9 Å². The van der Waals surface area contributed by atoms with Crippen LogP contribution in [-0.4, -0.2) is 18.1 Å². The summed E-state index contributed by atoms with van der Waals surface area (Å²) in [4.78, 5) is 15.0. The van der Waals surface area contributed by atoms with Gasteiger partial charge in [0.2, 0.25) is 0 Å². The van der Waals surface area contributed by atoms with E-state index in [4.69, 9.17) is 0 Å². The molecular weight excluding hydrogens is 222 g/mol. The predicted octanol–water partition coefficient (Wildman–Crippen LogP) is 1.76. The summed E-state index contributed by atoms with van der Waals surface area (Å²) in [6.45, 7) is 0. The van der Waals surface area contributed by atoms with E-state index in [-0.39, 0.29) is 5.97 Å². The quantitative estimate of drug-likeness (QED) is 0.574. The van der Waals surface area contributed by atoms with E-state index in [1.54, 1.807) is 12.3 Å². The Bertz CT molecular complexity index is 288. The Morgan fingerprint density at radius 1 is 1.75 bits per heavy atom. The molecule has 0 aliphatic carbocycles.